The van der Waals surface area contributed by atoms with Crippen molar-refractivity contribution in [3.8, 4) is 0 Å². The average Bonchev–Trinajstić information content (AvgIpc) is 2.38. The highest BCUT2D eigenvalue weighted by Crippen LogP contribution is 2.21. The molecule has 4 atom stereocenters. The van der Waals surface area contributed by atoms with Crippen molar-refractivity contribution in [1.29, 1.82) is 0 Å². The van der Waals surface area contributed by atoms with E-state index in [9.17, 15) is 20.1 Å². The average molecular weight is 238 g/mol. The van der Waals surface area contributed by atoms with Crippen molar-refractivity contribution in [2.24, 2.45) is 0 Å². The number of rotatable bonds is 6. The minimum atomic E-state index is -1.32. The van der Waals surface area contributed by atoms with Crippen LogP contribution in [-0.2, 0) is 4.79 Å². The zero-order chi connectivity index (χ0) is 12.8. The van der Waals surface area contributed by atoms with Crippen molar-refractivity contribution in [1.82, 2.24) is 0 Å². The van der Waals surface area contributed by atoms with E-state index in [0.29, 0.717) is 18.3 Å². The van der Waals surface area contributed by atoms with Gasteiger partial charge in [-0.3, -0.25) is 0 Å². The summed E-state index contributed by atoms with van der Waals surface area (Å²) >= 11 is 0. The summed E-state index contributed by atoms with van der Waals surface area (Å²) in [6.07, 6.45) is -2.75. The number of carbonyl (C=O) groups is 1. The quantitative estimate of drug-likeness (QED) is 0.629. The Hall–Kier alpha value is -1.23. The minimum Gasteiger partial charge on any atom is -0.390 e. The third-order valence-corrected chi connectivity index (χ3v) is 2.86. The zero-order valence-electron chi connectivity index (χ0n) is 9.73. The number of aliphatic hydroxyl groups excluding tert-OH is 3. The van der Waals surface area contributed by atoms with Crippen molar-refractivity contribution in [3.63, 3.8) is 0 Å². The van der Waals surface area contributed by atoms with Crippen LogP contribution in [0.1, 0.15) is 24.8 Å². The maximum absolute atomic E-state index is 11.0. The Bertz CT molecular complexity index is 339. The van der Waals surface area contributed by atoms with Crippen molar-refractivity contribution < 1.29 is 20.1 Å². The number of benzene rings is 1. The Balaban J connectivity index is 2.84. The third-order valence-electron chi connectivity index (χ3n) is 2.86. The first-order valence-electron chi connectivity index (χ1n) is 5.66. The van der Waals surface area contributed by atoms with Gasteiger partial charge in [0.15, 0.2) is 0 Å². The van der Waals surface area contributed by atoms with Crippen LogP contribution in [0.3, 0.4) is 0 Å². The molecule has 0 bridgehead atoms. The molecule has 0 fully saturated rings. The lowest BCUT2D eigenvalue weighted by molar-refractivity contribution is -0.117. The van der Waals surface area contributed by atoms with Gasteiger partial charge in [0.25, 0.3) is 0 Å². The van der Waals surface area contributed by atoms with Gasteiger partial charge in [-0.2, -0.15) is 0 Å². The van der Waals surface area contributed by atoms with Gasteiger partial charge in [-0.15, -0.1) is 0 Å². The molecule has 0 radical (unpaired) electrons. The van der Waals surface area contributed by atoms with Crippen LogP contribution in [0.25, 0.3) is 0 Å². The molecule has 3 N–H and O–H groups in total. The molecule has 0 aliphatic carbocycles. The Kier molecular flexibility index (Phi) is 5.28. The van der Waals surface area contributed by atoms with E-state index in [1.54, 1.807) is 37.3 Å². The molecule has 0 heterocycles. The molecule has 4 nitrogen and oxygen atoms in total. The van der Waals surface area contributed by atoms with Gasteiger partial charge in [-0.1, -0.05) is 37.3 Å². The highest BCUT2D eigenvalue weighted by molar-refractivity contribution is 5.63. The lowest BCUT2D eigenvalue weighted by Crippen LogP contribution is -2.41. The monoisotopic (exact) mass is 238 g/mol. The molecule has 4 heteroatoms. The van der Waals surface area contributed by atoms with Gasteiger partial charge >= 0.3 is 0 Å². The fourth-order valence-corrected chi connectivity index (χ4v) is 1.71. The molecule has 0 saturated carbocycles. The van der Waals surface area contributed by atoms with E-state index in [2.05, 4.69) is 0 Å². The van der Waals surface area contributed by atoms with Crippen LogP contribution in [0.15, 0.2) is 30.3 Å². The Labute approximate surface area is 101 Å². The molecular weight excluding hydrogens is 220 g/mol. The maximum atomic E-state index is 11.0. The second-order valence-electron chi connectivity index (χ2n) is 4.03. The number of hydrogen-bond acceptors (Lipinski definition) is 4. The molecule has 0 aliphatic rings. The van der Waals surface area contributed by atoms with Gasteiger partial charge in [0, 0.05) is 0 Å². The van der Waals surface area contributed by atoms with Crippen LogP contribution < -0.4 is 0 Å². The van der Waals surface area contributed by atoms with Crippen LogP contribution >= 0.6 is 0 Å². The highest BCUT2D eigenvalue weighted by atomic mass is 16.4. The SMILES string of the molecule is CCC(O)C(O)C(O)C(C=O)c1ccccc1. The normalized spacial score (nSPS) is 18.1. The molecule has 0 saturated heterocycles. The first kappa shape index (κ1) is 13.8. The molecule has 0 spiro atoms. The van der Waals surface area contributed by atoms with Gasteiger partial charge in [-0.05, 0) is 12.0 Å². The molecule has 94 valence electrons. The van der Waals surface area contributed by atoms with Crippen LogP contribution in [0.2, 0.25) is 0 Å². The molecular formula is C13H18O4. The standard InChI is InChI=1S/C13H18O4/c1-2-11(15)13(17)12(16)10(8-14)9-6-4-3-5-7-9/h3-8,10-13,15-17H,2H2,1H3. The van der Waals surface area contributed by atoms with Crippen LogP contribution in [0, 0.1) is 0 Å². The van der Waals surface area contributed by atoms with Crippen LogP contribution in [0.4, 0.5) is 0 Å². The van der Waals surface area contributed by atoms with E-state index >= 15 is 0 Å². The molecule has 1 aromatic carbocycles. The molecule has 0 amide bonds. The molecule has 1 rings (SSSR count). The summed E-state index contributed by atoms with van der Waals surface area (Å²) in [4.78, 5) is 11.0. The summed E-state index contributed by atoms with van der Waals surface area (Å²) in [6.45, 7) is 1.69. The molecule has 17 heavy (non-hydrogen) atoms. The molecule has 0 aliphatic heterocycles. The fourth-order valence-electron chi connectivity index (χ4n) is 1.71. The lowest BCUT2D eigenvalue weighted by Gasteiger charge is -2.26. The first-order chi connectivity index (χ1) is 8.11. The maximum Gasteiger partial charge on any atom is 0.130 e. The van der Waals surface area contributed by atoms with E-state index in [1.165, 1.54) is 0 Å². The summed E-state index contributed by atoms with van der Waals surface area (Å²) < 4.78 is 0. The predicted octanol–water partition coefficient (Wildman–Crippen LogP) is 0.462. The summed E-state index contributed by atoms with van der Waals surface area (Å²) in [6, 6.07) is 8.71. The summed E-state index contributed by atoms with van der Waals surface area (Å²) in [5, 5.41) is 29.0. The van der Waals surface area contributed by atoms with Gasteiger partial charge in [-0.25, -0.2) is 0 Å². The minimum absolute atomic E-state index is 0.318. The van der Waals surface area contributed by atoms with Crippen LogP contribution in [0.5, 0.6) is 0 Å². The Morgan fingerprint density at radius 1 is 1.12 bits per heavy atom. The second kappa shape index (κ2) is 6.49. The largest absolute Gasteiger partial charge is 0.390 e. The fraction of sp³-hybridized carbons (Fsp3) is 0.462. The van der Waals surface area contributed by atoms with Crippen molar-refractivity contribution in [2.45, 2.75) is 37.6 Å². The first-order valence-corrected chi connectivity index (χ1v) is 5.66. The topological polar surface area (TPSA) is 77.8 Å². The second-order valence-corrected chi connectivity index (χ2v) is 4.03. The van der Waals surface area contributed by atoms with E-state index in [4.69, 9.17) is 0 Å². The summed E-state index contributed by atoms with van der Waals surface area (Å²) in [5.74, 6) is -0.826. The van der Waals surface area contributed by atoms with Crippen molar-refractivity contribution in [2.75, 3.05) is 0 Å². The lowest BCUT2D eigenvalue weighted by atomic mass is 9.89. The summed E-state index contributed by atoms with van der Waals surface area (Å²) in [7, 11) is 0. The smallest absolute Gasteiger partial charge is 0.130 e. The predicted molar refractivity (Wildman–Crippen MR) is 63.6 cm³/mol. The Morgan fingerprint density at radius 2 is 1.71 bits per heavy atom. The van der Waals surface area contributed by atoms with Gasteiger partial charge < -0.3 is 20.1 Å². The van der Waals surface area contributed by atoms with Crippen molar-refractivity contribution >= 4 is 6.29 Å². The van der Waals surface area contributed by atoms with E-state index in [0.717, 1.165) is 0 Å². The number of aldehydes is 1. The highest BCUT2D eigenvalue weighted by Gasteiger charge is 2.31. The van der Waals surface area contributed by atoms with E-state index in [-0.39, 0.29) is 0 Å². The number of hydrogen-bond donors (Lipinski definition) is 3. The third kappa shape index (κ3) is 3.36. The van der Waals surface area contributed by atoms with Crippen molar-refractivity contribution in [3.05, 3.63) is 35.9 Å². The Morgan fingerprint density at radius 3 is 2.18 bits per heavy atom. The molecule has 0 aromatic heterocycles. The van der Waals surface area contributed by atoms with Crippen LogP contribution in [-0.4, -0.2) is 39.9 Å². The molecule has 4 unspecified atom stereocenters. The van der Waals surface area contributed by atoms with Gasteiger partial charge in [0.05, 0.1) is 18.1 Å². The zero-order valence-corrected chi connectivity index (χ0v) is 9.73. The van der Waals surface area contributed by atoms with E-state index < -0.39 is 24.2 Å². The van der Waals surface area contributed by atoms with Gasteiger partial charge in [0.2, 0.25) is 0 Å². The number of aliphatic hydroxyl groups is 3. The van der Waals surface area contributed by atoms with Gasteiger partial charge in [0.1, 0.15) is 12.4 Å². The number of carbonyl (C=O) groups excluding carboxylic acids is 1. The van der Waals surface area contributed by atoms with E-state index in [1.807, 2.05) is 0 Å². The molecule has 1 aromatic rings. The summed E-state index contributed by atoms with van der Waals surface area (Å²) in [5.41, 5.74) is 0.623.